The Balaban J connectivity index is 1.98. The third-order valence-electron chi connectivity index (χ3n) is 4.17. The van der Waals surface area contributed by atoms with Gasteiger partial charge in [0.15, 0.2) is 0 Å². The molecule has 0 radical (unpaired) electrons. The van der Waals surface area contributed by atoms with E-state index in [0.717, 1.165) is 35.8 Å². The van der Waals surface area contributed by atoms with Crippen molar-refractivity contribution in [2.75, 3.05) is 5.32 Å². The van der Waals surface area contributed by atoms with Gasteiger partial charge in [0.25, 0.3) is 11.8 Å². The molecule has 7 heteroatoms. The van der Waals surface area contributed by atoms with Gasteiger partial charge in [-0.05, 0) is 42.9 Å². The maximum atomic E-state index is 13.9. The zero-order valence-corrected chi connectivity index (χ0v) is 14.6. The molecule has 0 saturated carbocycles. The lowest BCUT2D eigenvalue weighted by Crippen LogP contribution is -2.20. The van der Waals surface area contributed by atoms with Crippen molar-refractivity contribution in [2.45, 2.75) is 26.2 Å². The van der Waals surface area contributed by atoms with Crippen molar-refractivity contribution in [3.63, 3.8) is 0 Å². The Morgan fingerprint density at radius 3 is 2.79 bits per heavy atom. The Morgan fingerprint density at radius 1 is 1.38 bits per heavy atom. The van der Waals surface area contributed by atoms with Gasteiger partial charge in [-0.15, -0.1) is 11.3 Å². The van der Waals surface area contributed by atoms with Crippen LogP contribution in [0, 0.1) is 11.7 Å². The number of benzene rings is 1. The van der Waals surface area contributed by atoms with Crippen LogP contribution in [0.25, 0.3) is 0 Å². The predicted molar refractivity (Wildman–Crippen MR) is 93.4 cm³/mol. The molecule has 0 spiro atoms. The average Bonchev–Trinajstić information content (AvgIpc) is 2.83. The number of thiophene rings is 1. The van der Waals surface area contributed by atoms with Gasteiger partial charge in [0.1, 0.15) is 10.8 Å². The van der Waals surface area contributed by atoms with Crippen LogP contribution >= 0.6 is 22.9 Å². The minimum Gasteiger partial charge on any atom is -0.365 e. The first-order chi connectivity index (χ1) is 11.4. The third kappa shape index (κ3) is 3.03. The van der Waals surface area contributed by atoms with Crippen LogP contribution in [0.1, 0.15) is 44.5 Å². The molecule has 2 amide bonds. The monoisotopic (exact) mass is 366 g/mol. The minimum absolute atomic E-state index is 0.0167. The van der Waals surface area contributed by atoms with E-state index in [1.165, 1.54) is 23.5 Å². The second-order valence-corrected chi connectivity index (χ2v) is 7.48. The second kappa shape index (κ2) is 6.53. The molecule has 126 valence electrons. The van der Waals surface area contributed by atoms with Gasteiger partial charge in [-0.1, -0.05) is 24.6 Å². The van der Waals surface area contributed by atoms with Crippen LogP contribution in [-0.4, -0.2) is 11.8 Å². The number of primary amides is 1. The fraction of sp³-hybridized carbons (Fsp3) is 0.294. The van der Waals surface area contributed by atoms with E-state index in [-0.39, 0.29) is 10.6 Å². The number of anilines is 1. The van der Waals surface area contributed by atoms with Crippen molar-refractivity contribution < 1.29 is 14.0 Å². The van der Waals surface area contributed by atoms with Crippen LogP contribution in [0.2, 0.25) is 5.02 Å². The van der Waals surface area contributed by atoms with Crippen LogP contribution in [0.5, 0.6) is 0 Å². The number of fused-ring (bicyclic) bond motifs is 1. The number of carbonyl (C=O) groups is 2. The quantitative estimate of drug-likeness (QED) is 0.861. The number of nitrogens with two attached hydrogens (primary N) is 1. The van der Waals surface area contributed by atoms with Crippen LogP contribution in [0.15, 0.2) is 18.2 Å². The van der Waals surface area contributed by atoms with Crippen molar-refractivity contribution in [3.05, 3.63) is 50.6 Å². The summed E-state index contributed by atoms with van der Waals surface area (Å²) in [5.74, 6) is -1.47. The molecule has 0 bridgehead atoms. The highest BCUT2D eigenvalue weighted by Crippen LogP contribution is 2.39. The number of carbonyl (C=O) groups excluding carboxylic acids is 2. The molecule has 0 aliphatic heterocycles. The van der Waals surface area contributed by atoms with Crippen molar-refractivity contribution >= 4 is 39.8 Å². The van der Waals surface area contributed by atoms with Crippen molar-refractivity contribution in [3.8, 4) is 0 Å². The smallest absolute Gasteiger partial charge is 0.260 e. The van der Waals surface area contributed by atoms with E-state index in [0.29, 0.717) is 16.5 Å². The molecule has 1 aliphatic carbocycles. The summed E-state index contributed by atoms with van der Waals surface area (Å²) in [6.45, 7) is 2.14. The van der Waals surface area contributed by atoms with Gasteiger partial charge in [0.05, 0.1) is 16.1 Å². The van der Waals surface area contributed by atoms with Crippen LogP contribution in [0.3, 0.4) is 0 Å². The Bertz CT molecular complexity index is 814. The predicted octanol–water partition coefficient (Wildman–Crippen LogP) is 4.02. The van der Waals surface area contributed by atoms with Crippen molar-refractivity contribution in [1.82, 2.24) is 0 Å². The van der Waals surface area contributed by atoms with E-state index in [9.17, 15) is 14.0 Å². The van der Waals surface area contributed by atoms with E-state index in [4.69, 9.17) is 17.3 Å². The maximum absolute atomic E-state index is 13.9. The standard InChI is InChI=1S/C17H16ClFN2O2S/c1-8-5-6-9-12(7-8)24-17(13(9)15(20)22)21-16(23)14-10(18)3-2-4-11(14)19/h2-4,8H,5-7H2,1H3,(H2,20,22)(H,21,23)/t8-/m0/s1. The third-order valence-corrected chi connectivity index (χ3v) is 5.66. The summed E-state index contributed by atoms with van der Waals surface area (Å²) >= 11 is 7.25. The Hall–Kier alpha value is -1.92. The molecule has 0 unspecified atom stereocenters. The fourth-order valence-corrected chi connectivity index (χ4v) is 4.64. The van der Waals surface area contributed by atoms with Crippen LogP contribution in [0.4, 0.5) is 9.39 Å². The fourth-order valence-electron chi connectivity index (χ4n) is 2.98. The summed E-state index contributed by atoms with van der Waals surface area (Å²) in [6, 6.07) is 4.03. The summed E-state index contributed by atoms with van der Waals surface area (Å²) in [5, 5.41) is 3.00. The van der Waals surface area contributed by atoms with E-state index in [2.05, 4.69) is 12.2 Å². The first-order valence-corrected chi connectivity index (χ1v) is 8.77. The number of amides is 2. The van der Waals surface area contributed by atoms with Gasteiger partial charge in [0, 0.05) is 4.88 Å². The topological polar surface area (TPSA) is 72.2 Å². The first kappa shape index (κ1) is 16.9. The molecule has 4 nitrogen and oxygen atoms in total. The van der Waals surface area contributed by atoms with Crippen molar-refractivity contribution in [2.24, 2.45) is 11.7 Å². The molecule has 3 rings (SSSR count). The molecule has 1 aromatic heterocycles. The number of halogens is 2. The molecule has 2 aromatic rings. The molecular weight excluding hydrogens is 351 g/mol. The summed E-state index contributed by atoms with van der Waals surface area (Å²) in [6.07, 6.45) is 2.56. The second-order valence-electron chi connectivity index (χ2n) is 5.97. The van der Waals surface area contributed by atoms with Gasteiger partial charge >= 0.3 is 0 Å². The lowest BCUT2D eigenvalue weighted by molar-refractivity contribution is 0.1000. The molecule has 0 fully saturated rings. The van der Waals surface area contributed by atoms with Crippen LogP contribution < -0.4 is 11.1 Å². The summed E-state index contributed by atoms with van der Waals surface area (Å²) in [5.41, 5.74) is 6.51. The van der Waals surface area contributed by atoms with Crippen LogP contribution in [-0.2, 0) is 12.8 Å². The largest absolute Gasteiger partial charge is 0.365 e. The normalized spacial score (nSPS) is 16.5. The van der Waals surface area contributed by atoms with E-state index >= 15 is 0 Å². The molecule has 1 heterocycles. The van der Waals surface area contributed by atoms with E-state index < -0.39 is 17.6 Å². The lowest BCUT2D eigenvalue weighted by Gasteiger charge is -2.18. The number of hydrogen-bond donors (Lipinski definition) is 2. The highest BCUT2D eigenvalue weighted by molar-refractivity contribution is 7.17. The maximum Gasteiger partial charge on any atom is 0.260 e. The number of nitrogens with one attached hydrogen (secondary N) is 1. The molecule has 1 atom stereocenters. The zero-order chi connectivity index (χ0) is 17.4. The van der Waals surface area contributed by atoms with E-state index in [1.807, 2.05) is 0 Å². The van der Waals surface area contributed by atoms with Gasteiger partial charge in [-0.3, -0.25) is 9.59 Å². The summed E-state index contributed by atoms with van der Waals surface area (Å²) in [4.78, 5) is 25.3. The SMILES string of the molecule is C[C@H]1CCc2c(sc(NC(=O)c3c(F)cccc3Cl)c2C(N)=O)C1. The molecule has 3 N–H and O–H groups in total. The molecular formula is C17H16ClFN2O2S. The summed E-state index contributed by atoms with van der Waals surface area (Å²) in [7, 11) is 0. The van der Waals surface area contributed by atoms with E-state index in [1.54, 1.807) is 0 Å². The Labute approximate surface area is 147 Å². The van der Waals surface area contributed by atoms with Gasteiger partial charge in [0.2, 0.25) is 0 Å². The zero-order valence-electron chi connectivity index (χ0n) is 13.0. The minimum atomic E-state index is -0.712. The summed E-state index contributed by atoms with van der Waals surface area (Å²) < 4.78 is 13.9. The Morgan fingerprint density at radius 2 is 2.12 bits per heavy atom. The number of rotatable bonds is 3. The first-order valence-electron chi connectivity index (χ1n) is 7.58. The molecule has 1 aromatic carbocycles. The lowest BCUT2D eigenvalue weighted by atomic mass is 9.88. The highest BCUT2D eigenvalue weighted by atomic mass is 35.5. The molecule has 0 saturated heterocycles. The van der Waals surface area contributed by atoms with Gasteiger partial charge in [-0.25, -0.2) is 4.39 Å². The van der Waals surface area contributed by atoms with Crippen molar-refractivity contribution in [1.29, 1.82) is 0 Å². The Kier molecular flexibility index (Phi) is 4.60. The molecule has 1 aliphatic rings. The van der Waals surface area contributed by atoms with Gasteiger partial charge < -0.3 is 11.1 Å². The molecule has 24 heavy (non-hydrogen) atoms. The van der Waals surface area contributed by atoms with Gasteiger partial charge in [-0.2, -0.15) is 0 Å². The average molecular weight is 367 g/mol. The highest BCUT2D eigenvalue weighted by Gasteiger charge is 2.28. The number of hydrogen-bond acceptors (Lipinski definition) is 3.